The van der Waals surface area contributed by atoms with E-state index in [0.717, 1.165) is 12.0 Å². The Kier molecular flexibility index (Phi) is 7.01. The summed E-state index contributed by atoms with van der Waals surface area (Å²) >= 11 is 0. The summed E-state index contributed by atoms with van der Waals surface area (Å²) in [7, 11) is 0. The van der Waals surface area contributed by atoms with Gasteiger partial charge in [0.25, 0.3) is 0 Å². The molecule has 0 saturated carbocycles. The van der Waals surface area contributed by atoms with E-state index in [1.54, 1.807) is 0 Å². The summed E-state index contributed by atoms with van der Waals surface area (Å²) in [5.74, 6) is -1.05. The lowest BCUT2D eigenvalue weighted by molar-refractivity contribution is -0.140. The predicted molar refractivity (Wildman–Crippen MR) is 67.1 cm³/mol. The molecule has 0 bridgehead atoms. The number of hydrogen-bond acceptors (Lipinski definition) is 4. The second-order valence-electron chi connectivity index (χ2n) is 3.91. The normalized spacial score (nSPS) is 12.3. The molecule has 0 saturated heterocycles. The molecule has 5 heteroatoms. The molecule has 0 aliphatic heterocycles. The number of ether oxygens (including phenoxy) is 2. The second-order valence-corrected chi connectivity index (χ2v) is 3.91. The third kappa shape index (κ3) is 6.34. The van der Waals surface area contributed by atoms with E-state index in [4.69, 9.17) is 20.3 Å². The SMILES string of the molecule is NC(COCCCOCc1ccccc1)C(=O)O. The van der Waals surface area contributed by atoms with Crippen molar-refractivity contribution in [3.05, 3.63) is 35.9 Å². The van der Waals surface area contributed by atoms with E-state index in [1.807, 2.05) is 30.3 Å². The third-order valence-corrected chi connectivity index (χ3v) is 2.30. The highest BCUT2D eigenvalue weighted by Gasteiger charge is 2.10. The second kappa shape index (κ2) is 8.63. The van der Waals surface area contributed by atoms with Crippen molar-refractivity contribution in [3.8, 4) is 0 Å². The van der Waals surface area contributed by atoms with Crippen LogP contribution in [-0.2, 0) is 20.9 Å². The summed E-state index contributed by atoms with van der Waals surface area (Å²) in [4.78, 5) is 10.4. The van der Waals surface area contributed by atoms with Crippen LogP contribution >= 0.6 is 0 Å². The van der Waals surface area contributed by atoms with Crippen LogP contribution in [-0.4, -0.2) is 36.9 Å². The average molecular weight is 253 g/mol. The Morgan fingerprint density at radius 2 is 1.89 bits per heavy atom. The van der Waals surface area contributed by atoms with E-state index in [0.29, 0.717) is 19.8 Å². The molecule has 0 fully saturated rings. The Hall–Kier alpha value is -1.43. The monoisotopic (exact) mass is 253 g/mol. The lowest BCUT2D eigenvalue weighted by Crippen LogP contribution is -2.35. The van der Waals surface area contributed by atoms with Crippen molar-refractivity contribution in [2.45, 2.75) is 19.1 Å². The zero-order valence-corrected chi connectivity index (χ0v) is 10.2. The molecule has 1 atom stereocenters. The van der Waals surface area contributed by atoms with Gasteiger partial charge in [-0.1, -0.05) is 30.3 Å². The lowest BCUT2D eigenvalue weighted by Gasteiger charge is -2.08. The summed E-state index contributed by atoms with van der Waals surface area (Å²) < 4.78 is 10.6. The first-order valence-corrected chi connectivity index (χ1v) is 5.88. The van der Waals surface area contributed by atoms with Gasteiger partial charge in [0.15, 0.2) is 0 Å². The van der Waals surface area contributed by atoms with E-state index < -0.39 is 12.0 Å². The largest absolute Gasteiger partial charge is 0.480 e. The minimum atomic E-state index is -1.05. The number of rotatable bonds is 9. The van der Waals surface area contributed by atoms with Crippen molar-refractivity contribution in [2.75, 3.05) is 19.8 Å². The maximum atomic E-state index is 10.4. The molecule has 1 unspecified atom stereocenters. The van der Waals surface area contributed by atoms with Crippen LogP contribution in [0, 0.1) is 0 Å². The number of benzene rings is 1. The predicted octanol–water partition coefficient (Wildman–Crippen LogP) is 1.02. The highest BCUT2D eigenvalue weighted by atomic mass is 16.5. The van der Waals surface area contributed by atoms with Gasteiger partial charge in [0.2, 0.25) is 0 Å². The lowest BCUT2D eigenvalue weighted by atomic mass is 10.2. The molecule has 18 heavy (non-hydrogen) atoms. The molecule has 0 amide bonds. The number of carbonyl (C=O) groups is 1. The number of nitrogens with two attached hydrogens (primary N) is 1. The maximum Gasteiger partial charge on any atom is 0.322 e. The van der Waals surface area contributed by atoms with Crippen LogP contribution in [0.1, 0.15) is 12.0 Å². The third-order valence-electron chi connectivity index (χ3n) is 2.30. The Morgan fingerprint density at radius 1 is 1.22 bits per heavy atom. The van der Waals surface area contributed by atoms with Crippen LogP contribution in [0.3, 0.4) is 0 Å². The molecule has 0 spiro atoms. The van der Waals surface area contributed by atoms with Gasteiger partial charge in [0, 0.05) is 13.2 Å². The fourth-order valence-corrected chi connectivity index (χ4v) is 1.31. The molecule has 0 aromatic heterocycles. The van der Waals surface area contributed by atoms with Crippen molar-refractivity contribution in [1.29, 1.82) is 0 Å². The molecule has 1 aromatic carbocycles. The molecule has 5 nitrogen and oxygen atoms in total. The topological polar surface area (TPSA) is 81.8 Å². The zero-order valence-electron chi connectivity index (χ0n) is 10.2. The first-order chi connectivity index (χ1) is 8.70. The Labute approximate surface area is 107 Å². The van der Waals surface area contributed by atoms with Gasteiger partial charge < -0.3 is 20.3 Å². The van der Waals surface area contributed by atoms with Crippen LogP contribution in [0.15, 0.2) is 30.3 Å². The van der Waals surface area contributed by atoms with Gasteiger partial charge in [-0.25, -0.2) is 0 Å². The Bertz CT molecular complexity index is 342. The number of carboxylic acid groups (broad SMARTS) is 1. The average Bonchev–Trinajstić information content (AvgIpc) is 2.38. The van der Waals surface area contributed by atoms with E-state index in [9.17, 15) is 4.79 Å². The van der Waals surface area contributed by atoms with Gasteiger partial charge in [0.1, 0.15) is 6.04 Å². The minimum absolute atomic E-state index is 0.0357. The van der Waals surface area contributed by atoms with Gasteiger partial charge in [-0.2, -0.15) is 0 Å². The maximum absolute atomic E-state index is 10.4. The van der Waals surface area contributed by atoms with Crippen LogP contribution in [0.25, 0.3) is 0 Å². The van der Waals surface area contributed by atoms with E-state index in [-0.39, 0.29) is 6.61 Å². The Balaban J connectivity index is 1.95. The number of aliphatic carboxylic acids is 1. The molecule has 1 rings (SSSR count). The molecule has 3 N–H and O–H groups in total. The van der Waals surface area contributed by atoms with Gasteiger partial charge in [-0.15, -0.1) is 0 Å². The molecule has 0 aliphatic rings. The number of carboxylic acids is 1. The standard InChI is InChI=1S/C13H19NO4/c14-12(13(15)16)10-18-8-4-7-17-9-11-5-2-1-3-6-11/h1-3,5-6,12H,4,7-10,14H2,(H,15,16). The highest BCUT2D eigenvalue weighted by Crippen LogP contribution is 2.00. The van der Waals surface area contributed by atoms with Gasteiger partial charge in [-0.05, 0) is 12.0 Å². The molecular weight excluding hydrogens is 234 g/mol. The van der Waals surface area contributed by atoms with Crippen LogP contribution in [0.5, 0.6) is 0 Å². The molecule has 0 aliphatic carbocycles. The molecule has 1 aromatic rings. The summed E-state index contributed by atoms with van der Waals surface area (Å²) in [5, 5.41) is 8.52. The van der Waals surface area contributed by atoms with Crippen LogP contribution in [0.2, 0.25) is 0 Å². The smallest absolute Gasteiger partial charge is 0.322 e. The van der Waals surface area contributed by atoms with E-state index in [1.165, 1.54) is 0 Å². The van der Waals surface area contributed by atoms with Crippen LogP contribution < -0.4 is 5.73 Å². The van der Waals surface area contributed by atoms with Crippen LogP contribution in [0.4, 0.5) is 0 Å². The van der Waals surface area contributed by atoms with Crippen molar-refractivity contribution in [3.63, 3.8) is 0 Å². The zero-order chi connectivity index (χ0) is 13.2. The number of hydrogen-bond donors (Lipinski definition) is 2. The molecule has 0 heterocycles. The summed E-state index contributed by atoms with van der Waals surface area (Å²) in [6, 6.07) is 8.95. The fourth-order valence-electron chi connectivity index (χ4n) is 1.31. The van der Waals surface area contributed by atoms with Crippen molar-refractivity contribution in [2.24, 2.45) is 5.73 Å². The van der Waals surface area contributed by atoms with Gasteiger partial charge in [0.05, 0.1) is 13.2 Å². The minimum Gasteiger partial charge on any atom is -0.480 e. The fraction of sp³-hybridized carbons (Fsp3) is 0.462. The molecular formula is C13H19NO4. The summed E-state index contributed by atoms with van der Waals surface area (Å²) in [6.07, 6.45) is 0.721. The van der Waals surface area contributed by atoms with E-state index in [2.05, 4.69) is 0 Å². The summed E-state index contributed by atoms with van der Waals surface area (Å²) in [5.41, 5.74) is 6.41. The van der Waals surface area contributed by atoms with Crippen molar-refractivity contribution >= 4 is 5.97 Å². The van der Waals surface area contributed by atoms with Crippen molar-refractivity contribution < 1.29 is 19.4 Å². The Morgan fingerprint density at radius 3 is 2.56 bits per heavy atom. The first-order valence-electron chi connectivity index (χ1n) is 5.88. The highest BCUT2D eigenvalue weighted by molar-refractivity contribution is 5.73. The molecule has 0 radical (unpaired) electrons. The van der Waals surface area contributed by atoms with Gasteiger partial charge >= 0.3 is 5.97 Å². The van der Waals surface area contributed by atoms with Crippen molar-refractivity contribution in [1.82, 2.24) is 0 Å². The summed E-state index contributed by atoms with van der Waals surface area (Å²) in [6.45, 7) is 1.65. The molecule has 100 valence electrons. The van der Waals surface area contributed by atoms with Gasteiger partial charge in [-0.3, -0.25) is 4.79 Å². The quantitative estimate of drug-likeness (QED) is 0.642. The van der Waals surface area contributed by atoms with E-state index >= 15 is 0 Å². The first kappa shape index (κ1) is 14.6.